The van der Waals surface area contributed by atoms with Crippen LogP contribution in [0.5, 0.6) is 0 Å². The highest BCUT2D eigenvalue weighted by Crippen LogP contribution is 2.23. The van der Waals surface area contributed by atoms with Crippen LogP contribution in [0, 0.1) is 0 Å². The van der Waals surface area contributed by atoms with Gasteiger partial charge in [-0.3, -0.25) is 4.90 Å². The zero-order chi connectivity index (χ0) is 11.5. The third kappa shape index (κ3) is 4.01. The first-order valence-electron chi connectivity index (χ1n) is 5.51. The molecule has 1 N–H and O–H groups in total. The number of nitrogens with zero attached hydrogens (tertiary/aromatic N) is 1. The highest BCUT2D eigenvalue weighted by Gasteiger charge is 2.19. The highest BCUT2D eigenvalue weighted by atomic mass is 35.5. The summed E-state index contributed by atoms with van der Waals surface area (Å²) >= 11 is 12.0. The fourth-order valence-electron chi connectivity index (χ4n) is 2.06. The van der Waals surface area contributed by atoms with Crippen molar-refractivity contribution < 1.29 is 0 Å². The monoisotopic (exact) mass is 294 g/mol. The molecule has 0 saturated carbocycles. The molecule has 1 fully saturated rings. The largest absolute Gasteiger partial charge is 0.315 e. The molecule has 0 bridgehead atoms. The van der Waals surface area contributed by atoms with Crippen LogP contribution in [0.1, 0.15) is 12.0 Å². The topological polar surface area (TPSA) is 15.3 Å². The molecule has 0 radical (unpaired) electrons. The molecule has 1 saturated heterocycles. The summed E-state index contributed by atoms with van der Waals surface area (Å²) in [7, 11) is 2.14. The van der Waals surface area contributed by atoms with Gasteiger partial charge in [-0.05, 0) is 37.7 Å². The molecule has 0 amide bonds. The lowest BCUT2D eigenvalue weighted by Crippen LogP contribution is -2.32. The fourth-order valence-corrected chi connectivity index (χ4v) is 2.53. The predicted molar refractivity (Wildman–Crippen MR) is 76.5 cm³/mol. The van der Waals surface area contributed by atoms with Crippen molar-refractivity contribution in [2.45, 2.75) is 19.0 Å². The lowest BCUT2D eigenvalue weighted by molar-refractivity contribution is 0.249. The molecular weight excluding hydrogens is 279 g/mol. The van der Waals surface area contributed by atoms with E-state index in [9.17, 15) is 0 Å². The van der Waals surface area contributed by atoms with Crippen molar-refractivity contribution in [1.82, 2.24) is 10.2 Å². The van der Waals surface area contributed by atoms with Gasteiger partial charge in [-0.2, -0.15) is 0 Å². The van der Waals surface area contributed by atoms with Gasteiger partial charge < -0.3 is 5.32 Å². The van der Waals surface area contributed by atoms with Gasteiger partial charge in [0.15, 0.2) is 0 Å². The summed E-state index contributed by atoms with van der Waals surface area (Å²) in [4.78, 5) is 2.34. The van der Waals surface area contributed by atoms with Crippen molar-refractivity contribution in [3.63, 3.8) is 0 Å². The molecule has 1 atom stereocenters. The van der Waals surface area contributed by atoms with Crippen molar-refractivity contribution in [2.24, 2.45) is 0 Å². The Bertz CT molecular complexity index is 365. The highest BCUT2D eigenvalue weighted by molar-refractivity contribution is 6.35. The van der Waals surface area contributed by atoms with Gasteiger partial charge in [-0.15, -0.1) is 12.4 Å². The first kappa shape index (κ1) is 15.1. The van der Waals surface area contributed by atoms with Gasteiger partial charge >= 0.3 is 0 Å². The van der Waals surface area contributed by atoms with E-state index in [-0.39, 0.29) is 12.4 Å². The Kier molecular flexibility index (Phi) is 6.04. The minimum Gasteiger partial charge on any atom is -0.315 e. The molecule has 17 heavy (non-hydrogen) atoms. The standard InChI is InChI=1S/C12H16Cl2N2.ClH/c1-16(11-4-5-15-7-11)8-9-2-3-10(13)6-12(9)14;/h2-3,6,11,15H,4-5,7-8H2,1H3;1H. The Morgan fingerprint density at radius 2 is 2.18 bits per heavy atom. The van der Waals surface area contributed by atoms with E-state index in [1.54, 1.807) is 6.07 Å². The van der Waals surface area contributed by atoms with E-state index in [0.717, 1.165) is 30.2 Å². The van der Waals surface area contributed by atoms with Crippen LogP contribution in [0.2, 0.25) is 10.0 Å². The van der Waals surface area contributed by atoms with Crippen LogP contribution in [0.4, 0.5) is 0 Å². The number of hydrogen-bond acceptors (Lipinski definition) is 2. The molecule has 1 aliphatic rings. The van der Waals surface area contributed by atoms with Gasteiger partial charge in [-0.25, -0.2) is 0 Å². The summed E-state index contributed by atoms with van der Waals surface area (Å²) in [5.41, 5.74) is 1.14. The molecule has 2 rings (SSSR count). The zero-order valence-corrected chi connectivity index (χ0v) is 12.1. The second-order valence-electron chi connectivity index (χ2n) is 4.30. The van der Waals surface area contributed by atoms with E-state index in [1.165, 1.54) is 6.42 Å². The first-order chi connectivity index (χ1) is 7.66. The van der Waals surface area contributed by atoms with Crippen LogP contribution < -0.4 is 5.32 Å². The molecule has 96 valence electrons. The summed E-state index contributed by atoms with van der Waals surface area (Å²) in [6.07, 6.45) is 1.21. The molecule has 0 aliphatic carbocycles. The SMILES string of the molecule is CN(Cc1ccc(Cl)cc1Cl)C1CCNC1.Cl. The van der Waals surface area contributed by atoms with Crippen LogP contribution >= 0.6 is 35.6 Å². The average Bonchev–Trinajstić information content (AvgIpc) is 2.75. The molecule has 1 aliphatic heterocycles. The summed E-state index contributed by atoms with van der Waals surface area (Å²) in [5.74, 6) is 0. The van der Waals surface area contributed by atoms with Crippen molar-refractivity contribution in [3.8, 4) is 0 Å². The Morgan fingerprint density at radius 3 is 2.76 bits per heavy atom. The van der Waals surface area contributed by atoms with Gasteiger partial charge in [0.25, 0.3) is 0 Å². The van der Waals surface area contributed by atoms with E-state index in [2.05, 4.69) is 17.3 Å². The lowest BCUT2D eigenvalue weighted by Gasteiger charge is -2.23. The number of benzene rings is 1. The predicted octanol–water partition coefficient (Wildman–Crippen LogP) is 3.21. The molecule has 1 aromatic rings. The van der Waals surface area contributed by atoms with Gasteiger partial charge in [0, 0.05) is 29.2 Å². The van der Waals surface area contributed by atoms with E-state index < -0.39 is 0 Å². The first-order valence-corrected chi connectivity index (χ1v) is 6.27. The normalized spacial score (nSPS) is 19.4. The molecule has 1 aromatic carbocycles. The van der Waals surface area contributed by atoms with Crippen molar-refractivity contribution >= 4 is 35.6 Å². The van der Waals surface area contributed by atoms with E-state index >= 15 is 0 Å². The average molecular weight is 296 g/mol. The van der Waals surface area contributed by atoms with Crippen LogP contribution in [-0.2, 0) is 6.54 Å². The van der Waals surface area contributed by atoms with Gasteiger partial charge in [-0.1, -0.05) is 29.3 Å². The maximum Gasteiger partial charge on any atom is 0.0465 e. The van der Waals surface area contributed by atoms with Crippen LogP contribution in [-0.4, -0.2) is 31.1 Å². The van der Waals surface area contributed by atoms with Crippen molar-refractivity contribution in [2.75, 3.05) is 20.1 Å². The lowest BCUT2D eigenvalue weighted by atomic mass is 10.1. The smallest absolute Gasteiger partial charge is 0.0465 e. The Morgan fingerprint density at radius 1 is 1.41 bits per heavy atom. The van der Waals surface area contributed by atoms with E-state index in [0.29, 0.717) is 11.1 Å². The molecule has 1 heterocycles. The zero-order valence-electron chi connectivity index (χ0n) is 9.75. The van der Waals surface area contributed by atoms with Crippen LogP contribution in [0.15, 0.2) is 18.2 Å². The molecule has 1 unspecified atom stereocenters. The minimum atomic E-state index is 0. The molecule has 0 aromatic heterocycles. The number of rotatable bonds is 3. The summed E-state index contributed by atoms with van der Waals surface area (Å²) in [6, 6.07) is 6.32. The summed E-state index contributed by atoms with van der Waals surface area (Å²) < 4.78 is 0. The number of nitrogens with one attached hydrogen (secondary N) is 1. The Hall–Kier alpha value is 0.01000. The Balaban J connectivity index is 0.00000144. The van der Waals surface area contributed by atoms with Crippen LogP contribution in [0.25, 0.3) is 0 Å². The third-order valence-corrected chi connectivity index (χ3v) is 3.68. The van der Waals surface area contributed by atoms with Gasteiger partial charge in [0.05, 0.1) is 0 Å². The summed E-state index contributed by atoms with van der Waals surface area (Å²) in [6.45, 7) is 3.06. The quantitative estimate of drug-likeness (QED) is 0.921. The van der Waals surface area contributed by atoms with E-state index in [4.69, 9.17) is 23.2 Å². The molecule has 0 spiro atoms. The number of halogens is 3. The maximum atomic E-state index is 6.15. The molecular formula is C12H17Cl3N2. The molecule has 2 nitrogen and oxygen atoms in total. The Labute approximate surface area is 119 Å². The molecule has 5 heteroatoms. The third-order valence-electron chi connectivity index (χ3n) is 3.09. The van der Waals surface area contributed by atoms with Crippen molar-refractivity contribution in [3.05, 3.63) is 33.8 Å². The van der Waals surface area contributed by atoms with Crippen molar-refractivity contribution in [1.29, 1.82) is 0 Å². The second-order valence-corrected chi connectivity index (χ2v) is 5.14. The van der Waals surface area contributed by atoms with Gasteiger partial charge in [0.2, 0.25) is 0 Å². The van der Waals surface area contributed by atoms with Gasteiger partial charge in [0.1, 0.15) is 0 Å². The van der Waals surface area contributed by atoms with E-state index in [1.807, 2.05) is 12.1 Å². The number of likely N-dealkylation sites (N-methyl/N-ethyl adjacent to an activating group) is 1. The fraction of sp³-hybridized carbons (Fsp3) is 0.500. The second kappa shape index (κ2) is 6.81. The van der Waals surface area contributed by atoms with Crippen LogP contribution in [0.3, 0.4) is 0 Å². The maximum absolute atomic E-state index is 6.15. The number of hydrogen-bond donors (Lipinski definition) is 1. The summed E-state index contributed by atoms with van der Waals surface area (Å²) in [5, 5.41) is 4.82. The minimum absolute atomic E-state index is 0.